The van der Waals surface area contributed by atoms with Crippen LogP contribution in [0.3, 0.4) is 0 Å². The Bertz CT molecular complexity index is 293. The predicted molar refractivity (Wildman–Crippen MR) is 58.0 cm³/mol. The molecule has 1 N–H and O–H groups in total. The Hall–Kier alpha value is -0.820. The van der Waals surface area contributed by atoms with E-state index in [0.29, 0.717) is 5.92 Å². The van der Waals surface area contributed by atoms with Gasteiger partial charge in [0.2, 0.25) is 0 Å². The number of hydrogen-bond acceptors (Lipinski definition) is 1. The smallest absolute Gasteiger partial charge is 0.0924 e. The Balaban J connectivity index is 2.31. The molecule has 0 spiro atoms. The van der Waals surface area contributed by atoms with Gasteiger partial charge < -0.3 is 5.11 Å². The van der Waals surface area contributed by atoms with Gasteiger partial charge in [-0.1, -0.05) is 43.7 Å². The maximum absolute atomic E-state index is 10.6. The third kappa shape index (κ3) is 1.46. The summed E-state index contributed by atoms with van der Waals surface area (Å²) < 4.78 is 0. The standard InChI is InChI=1S/C13H18O/c1-2-11-9-6-10-13(11,14)12-7-4-3-5-8-12/h3-5,7-8,11,14H,2,6,9-10H2,1H3. The fraction of sp³-hybridized carbons (Fsp3) is 0.538. The summed E-state index contributed by atoms with van der Waals surface area (Å²) in [4.78, 5) is 0. The molecule has 0 heterocycles. The van der Waals surface area contributed by atoms with Crippen LogP contribution in [0.5, 0.6) is 0 Å². The maximum atomic E-state index is 10.6. The second-order valence-corrected chi connectivity index (χ2v) is 4.29. The Morgan fingerprint density at radius 2 is 2.07 bits per heavy atom. The average Bonchev–Trinajstić information content (AvgIpc) is 2.62. The highest BCUT2D eigenvalue weighted by Crippen LogP contribution is 2.44. The summed E-state index contributed by atoms with van der Waals surface area (Å²) in [6.45, 7) is 2.17. The normalized spacial score (nSPS) is 32.0. The molecule has 14 heavy (non-hydrogen) atoms. The van der Waals surface area contributed by atoms with Crippen LogP contribution >= 0.6 is 0 Å². The fourth-order valence-electron chi connectivity index (χ4n) is 2.71. The number of aliphatic hydroxyl groups is 1. The van der Waals surface area contributed by atoms with Crippen LogP contribution in [-0.4, -0.2) is 5.11 Å². The minimum absolute atomic E-state index is 0.449. The van der Waals surface area contributed by atoms with Gasteiger partial charge in [0.05, 0.1) is 5.60 Å². The molecule has 0 saturated heterocycles. The van der Waals surface area contributed by atoms with E-state index < -0.39 is 5.60 Å². The van der Waals surface area contributed by atoms with Crippen molar-refractivity contribution in [2.45, 2.75) is 38.2 Å². The van der Waals surface area contributed by atoms with Crippen molar-refractivity contribution in [2.75, 3.05) is 0 Å². The Labute approximate surface area is 85.8 Å². The molecular weight excluding hydrogens is 172 g/mol. The zero-order valence-corrected chi connectivity index (χ0v) is 8.74. The van der Waals surface area contributed by atoms with Crippen molar-refractivity contribution in [1.82, 2.24) is 0 Å². The van der Waals surface area contributed by atoms with Gasteiger partial charge in [0.1, 0.15) is 0 Å². The molecule has 0 bridgehead atoms. The molecule has 2 rings (SSSR count). The van der Waals surface area contributed by atoms with E-state index in [9.17, 15) is 5.11 Å². The third-order valence-electron chi connectivity index (χ3n) is 3.55. The van der Waals surface area contributed by atoms with Crippen molar-refractivity contribution in [3.05, 3.63) is 35.9 Å². The lowest BCUT2D eigenvalue weighted by molar-refractivity contribution is -0.00387. The molecule has 0 aromatic heterocycles. The summed E-state index contributed by atoms with van der Waals surface area (Å²) in [6.07, 6.45) is 4.33. The van der Waals surface area contributed by atoms with E-state index in [1.807, 2.05) is 30.3 Å². The molecule has 1 heteroatoms. The van der Waals surface area contributed by atoms with Crippen LogP contribution < -0.4 is 0 Å². The summed E-state index contributed by atoms with van der Waals surface area (Å²) in [5, 5.41) is 10.6. The molecule has 1 fully saturated rings. The highest BCUT2D eigenvalue weighted by Gasteiger charge is 2.40. The minimum atomic E-state index is -0.546. The van der Waals surface area contributed by atoms with Crippen LogP contribution in [0, 0.1) is 5.92 Å². The van der Waals surface area contributed by atoms with Gasteiger partial charge in [0.25, 0.3) is 0 Å². The van der Waals surface area contributed by atoms with Crippen molar-refractivity contribution in [3.63, 3.8) is 0 Å². The van der Waals surface area contributed by atoms with Crippen LogP contribution in [0.25, 0.3) is 0 Å². The summed E-state index contributed by atoms with van der Waals surface area (Å²) in [6, 6.07) is 10.1. The number of hydrogen-bond donors (Lipinski definition) is 1. The molecule has 1 aromatic carbocycles. The first-order valence-electron chi connectivity index (χ1n) is 5.55. The van der Waals surface area contributed by atoms with Gasteiger partial charge in [0, 0.05) is 0 Å². The largest absolute Gasteiger partial charge is 0.385 e. The zero-order chi connectivity index (χ0) is 10.0. The average molecular weight is 190 g/mol. The van der Waals surface area contributed by atoms with E-state index in [2.05, 4.69) is 6.92 Å². The topological polar surface area (TPSA) is 20.2 Å². The van der Waals surface area contributed by atoms with Crippen LogP contribution in [0.4, 0.5) is 0 Å². The lowest BCUT2D eigenvalue weighted by Crippen LogP contribution is -2.29. The van der Waals surface area contributed by atoms with E-state index in [4.69, 9.17) is 0 Å². The number of benzene rings is 1. The van der Waals surface area contributed by atoms with Gasteiger partial charge in [-0.25, -0.2) is 0 Å². The first kappa shape index (κ1) is 9.72. The van der Waals surface area contributed by atoms with Crippen LogP contribution in [0.1, 0.15) is 38.2 Å². The third-order valence-corrected chi connectivity index (χ3v) is 3.55. The van der Waals surface area contributed by atoms with Crippen molar-refractivity contribution in [2.24, 2.45) is 5.92 Å². The molecule has 1 aromatic rings. The lowest BCUT2D eigenvalue weighted by Gasteiger charge is -2.30. The molecule has 1 saturated carbocycles. The quantitative estimate of drug-likeness (QED) is 0.759. The lowest BCUT2D eigenvalue weighted by atomic mass is 9.82. The highest BCUT2D eigenvalue weighted by atomic mass is 16.3. The van der Waals surface area contributed by atoms with Crippen molar-refractivity contribution in [3.8, 4) is 0 Å². The summed E-state index contributed by atoms with van der Waals surface area (Å²) in [5.74, 6) is 0.449. The fourth-order valence-corrected chi connectivity index (χ4v) is 2.71. The first-order chi connectivity index (χ1) is 6.77. The second kappa shape index (κ2) is 3.74. The Kier molecular flexibility index (Phi) is 2.60. The molecule has 76 valence electrons. The van der Waals surface area contributed by atoms with Crippen LogP contribution in [0.2, 0.25) is 0 Å². The van der Waals surface area contributed by atoms with Gasteiger partial charge in [-0.15, -0.1) is 0 Å². The van der Waals surface area contributed by atoms with Crippen molar-refractivity contribution in [1.29, 1.82) is 0 Å². The van der Waals surface area contributed by atoms with E-state index in [1.54, 1.807) is 0 Å². The predicted octanol–water partition coefficient (Wildman–Crippen LogP) is 3.08. The van der Waals surface area contributed by atoms with E-state index in [0.717, 1.165) is 24.8 Å². The van der Waals surface area contributed by atoms with Gasteiger partial charge in [-0.3, -0.25) is 0 Å². The van der Waals surface area contributed by atoms with Crippen LogP contribution in [0.15, 0.2) is 30.3 Å². The monoisotopic (exact) mass is 190 g/mol. The molecule has 2 atom stereocenters. The molecular formula is C13H18O. The van der Waals surface area contributed by atoms with Gasteiger partial charge in [-0.05, 0) is 30.7 Å². The van der Waals surface area contributed by atoms with Crippen LogP contribution in [-0.2, 0) is 5.60 Å². The Morgan fingerprint density at radius 3 is 2.71 bits per heavy atom. The van der Waals surface area contributed by atoms with Gasteiger partial charge >= 0.3 is 0 Å². The summed E-state index contributed by atoms with van der Waals surface area (Å²) in [5.41, 5.74) is 0.556. The first-order valence-corrected chi connectivity index (χ1v) is 5.55. The molecule has 0 amide bonds. The molecule has 1 nitrogen and oxygen atoms in total. The SMILES string of the molecule is CCC1CCCC1(O)c1ccccc1. The zero-order valence-electron chi connectivity index (χ0n) is 8.74. The Morgan fingerprint density at radius 1 is 1.36 bits per heavy atom. The highest BCUT2D eigenvalue weighted by molar-refractivity contribution is 5.24. The van der Waals surface area contributed by atoms with Crippen molar-refractivity contribution >= 4 is 0 Å². The van der Waals surface area contributed by atoms with Gasteiger partial charge in [-0.2, -0.15) is 0 Å². The summed E-state index contributed by atoms with van der Waals surface area (Å²) in [7, 11) is 0. The second-order valence-electron chi connectivity index (χ2n) is 4.29. The van der Waals surface area contributed by atoms with Gasteiger partial charge in [0.15, 0.2) is 0 Å². The number of rotatable bonds is 2. The molecule has 2 unspecified atom stereocenters. The molecule has 1 aliphatic carbocycles. The van der Waals surface area contributed by atoms with E-state index >= 15 is 0 Å². The molecule has 1 aliphatic rings. The minimum Gasteiger partial charge on any atom is -0.385 e. The van der Waals surface area contributed by atoms with Crippen molar-refractivity contribution < 1.29 is 5.11 Å². The summed E-state index contributed by atoms with van der Waals surface area (Å²) >= 11 is 0. The molecule has 0 aliphatic heterocycles. The molecule has 0 radical (unpaired) electrons. The maximum Gasteiger partial charge on any atom is 0.0924 e. The van der Waals surface area contributed by atoms with E-state index in [1.165, 1.54) is 6.42 Å². The van der Waals surface area contributed by atoms with E-state index in [-0.39, 0.29) is 0 Å².